The first-order valence-corrected chi connectivity index (χ1v) is 6.41. The highest BCUT2D eigenvalue weighted by Crippen LogP contribution is 2.26. The molecule has 2 aromatic rings. The number of hydrogen-bond donors (Lipinski definition) is 1. The first-order valence-electron chi connectivity index (χ1n) is 5.53. The molecule has 20 heavy (non-hydrogen) atoms. The normalized spacial score (nSPS) is 10.6. The molecule has 0 fully saturated rings. The number of alkyl halides is 2. The zero-order valence-electron chi connectivity index (χ0n) is 10.0. The second-order valence-corrected chi connectivity index (χ2v) is 4.77. The lowest BCUT2D eigenvalue weighted by molar-refractivity contribution is 0.102. The molecule has 0 saturated heterocycles. The molecule has 7 heteroatoms. The van der Waals surface area contributed by atoms with Crippen molar-refractivity contribution in [3.05, 3.63) is 54.1 Å². The summed E-state index contributed by atoms with van der Waals surface area (Å²) in [6.45, 7) is 0. The van der Waals surface area contributed by atoms with Crippen LogP contribution in [0.1, 0.15) is 10.5 Å². The molecule has 1 N–H and O–H groups in total. The van der Waals surface area contributed by atoms with E-state index < -0.39 is 17.6 Å². The predicted octanol–water partition coefficient (Wildman–Crippen LogP) is 3.79. The average molecular weight is 298 g/mol. The first kappa shape index (κ1) is 14.4. The number of rotatable bonds is 4. The number of pyridine rings is 1. The quantitative estimate of drug-likeness (QED) is 0.690. The number of carbonyl (C=O) groups excluding carboxylic acids is 1. The van der Waals surface area contributed by atoms with Crippen LogP contribution in [0, 0.1) is 5.95 Å². The Morgan fingerprint density at radius 3 is 2.45 bits per heavy atom. The monoisotopic (exact) mass is 298 g/mol. The van der Waals surface area contributed by atoms with Crippen LogP contribution in [0.5, 0.6) is 0 Å². The van der Waals surface area contributed by atoms with Crippen molar-refractivity contribution in [1.29, 1.82) is 0 Å². The van der Waals surface area contributed by atoms with Crippen LogP contribution in [0.3, 0.4) is 0 Å². The van der Waals surface area contributed by atoms with Crippen molar-refractivity contribution in [1.82, 2.24) is 4.98 Å². The molecule has 0 saturated carbocycles. The highest BCUT2D eigenvalue weighted by molar-refractivity contribution is 7.99. The van der Waals surface area contributed by atoms with E-state index >= 15 is 0 Å². The van der Waals surface area contributed by atoms with E-state index in [4.69, 9.17) is 0 Å². The fraction of sp³-hybridized carbons (Fsp3) is 0.0769. The average Bonchev–Trinajstić information content (AvgIpc) is 2.40. The zero-order chi connectivity index (χ0) is 14.5. The molecule has 1 amide bonds. The summed E-state index contributed by atoms with van der Waals surface area (Å²) in [5.41, 5.74) is 0.357. The van der Waals surface area contributed by atoms with Crippen LogP contribution in [0.25, 0.3) is 0 Å². The lowest BCUT2D eigenvalue weighted by Gasteiger charge is -2.06. The van der Waals surface area contributed by atoms with E-state index in [1.807, 2.05) is 0 Å². The molecule has 0 unspecified atom stereocenters. The second-order valence-electron chi connectivity index (χ2n) is 3.70. The van der Waals surface area contributed by atoms with Gasteiger partial charge in [0.25, 0.3) is 11.7 Å². The summed E-state index contributed by atoms with van der Waals surface area (Å²) in [4.78, 5) is 15.6. The number of thioether (sulfide) groups is 1. The van der Waals surface area contributed by atoms with Crippen molar-refractivity contribution in [2.24, 2.45) is 0 Å². The van der Waals surface area contributed by atoms with Gasteiger partial charge in [-0.05, 0) is 36.4 Å². The van der Waals surface area contributed by atoms with Gasteiger partial charge in [0.2, 0.25) is 5.95 Å². The van der Waals surface area contributed by atoms with Crippen LogP contribution in [0.15, 0.2) is 47.4 Å². The Bertz CT molecular complexity index is 605. The molecule has 0 aliphatic carbocycles. The summed E-state index contributed by atoms with van der Waals surface area (Å²) in [6, 6.07) is 9.78. The Kier molecular flexibility index (Phi) is 4.62. The van der Waals surface area contributed by atoms with E-state index in [0.717, 1.165) is 6.07 Å². The Morgan fingerprint density at radius 1 is 1.15 bits per heavy atom. The van der Waals surface area contributed by atoms with E-state index in [1.54, 1.807) is 0 Å². The van der Waals surface area contributed by atoms with Crippen LogP contribution in [-0.2, 0) is 0 Å². The van der Waals surface area contributed by atoms with E-state index in [1.165, 1.54) is 36.4 Å². The van der Waals surface area contributed by atoms with Gasteiger partial charge in [-0.2, -0.15) is 13.2 Å². The Labute approximate surface area is 117 Å². The summed E-state index contributed by atoms with van der Waals surface area (Å²) >= 11 is 0.416. The molecule has 0 aliphatic heterocycles. The smallest absolute Gasteiger partial charge is 0.288 e. The van der Waals surface area contributed by atoms with Crippen LogP contribution in [0.2, 0.25) is 0 Å². The molecule has 0 spiro atoms. The molecular weight excluding hydrogens is 289 g/mol. The van der Waals surface area contributed by atoms with Crippen LogP contribution in [0.4, 0.5) is 18.9 Å². The van der Waals surface area contributed by atoms with E-state index in [-0.39, 0.29) is 5.69 Å². The molecule has 0 bridgehead atoms. The topological polar surface area (TPSA) is 42.0 Å². The third kappa shape index (κ3) is 3.99. The highest BCUT2D eigenvalue weighted by atomic mass is 32.2. The standard InChI is InChI=1S/C13H9F3N2OS/c14-11-3-1-2-10(18-11)12(19)17-8-4-6-9(7-5-8)20-13(15)16/h1-7,13H,(H,17,19). The summed E-state index contributed by atoms with van der Waals surface area (Å²) in [5, 5.41) is 2.50. The molecule has 3 nitrogen and oxygen atoms in total. The van der Waals surface area contributed by atoms with Gasteiger partial charge in [0.15, 0.2) is 0 Å². The predicted molar refractivity (Wildman–Crippen MR) is 70.5 cm³/mol. The van der Waals surface area contributed by atoms with E-state index in [0.29, 0.717) is 22.3 Å². The molecule has 1 aromatic heterocycles. The minimum absolute atomic E-state index is 0.0592. The van der Waals surface area contributed by atoms with E-state index in [9.17, 15) is 18.0 Å². The van der Waals surface area contributed by atoms with E-state index in [2.05, 4.69) is 10.3 Å². The fourth-order valence-electron chi connectivity index (χ4n) is 1.45. The second kappa shape index (κ2) is 6.42. The van der Waals surface area contributed by atoms with Gasteiger partial charge in [-0.25, -0.2) is 4.98 Å². The largest absolute Gasteiger partial charge is 0.321 e. The number of carbonyl (C=O) groups is 1. The van der Waals surface area contributed by atoms with Gasteiger partial charge in [-0.3, -0.25) is 4.79 Å². The molecule has 1 aromatic carbocycles. The minimum Gasteiger partial charge on any atom is -0.321 e. The summed E-state index contributed by atoms with van der Waals surface area (Å²) in [5.74, 6) is -3.81. The molecule has 104 valence electrons. The maximum absolute atomic E-state index is 12.9. The van der Waals surface area contributed by atoms with Crippen LogP contribution < -0.4 is 5.32 Å². The first-order chi connectivity index (χ1) is 9.54. The Balaban J connectivity index is 2.04. The molecule has 0 atom stereocenters. The number of aromatic nitrogens is 1. The lowest BCUT2D eigenvalue weighted by atomic mass is 10.3. The van der Waals surface area contributed by atoms with Crippen molar-refractivity contribution in [2.45, 2.75) is 10.7 Å². The SMILES string of the molecule is O=C(Nc1ccc(SC(F)F)cc1)c1cccc(F)n1. The van der Waals surface area contributed by atoms with Crippen LogP contribution >= 0.6 is 11.8 Å². The van der Waals surface area contributed by atoms with Gasteiger partial charge >= 0.3 is 0 Å². The molecular formula is C13H9F3N2OS. The molecule has 1 heterocycles. The number of halogens is 3. The van der Waals surface area contributed by atoms with Gasteiger partial charge in [0.1, 0.15) is 5.69 Å². The van der Waals surface area contributed by atoms with Gasteiger partial charge in [0.05, 0.1) is 0 Å². The summed E-state index contributed by atoms with van der Waals surface area (Å²) < 4.78 is 37.2. The van der Waals surface area contributed by atoms with Gasteiger partial charge in [0, 0.05) is 10.6 Å². The summed E-state index contributed by atoms with van der Waals surface area (Å²) in [7, 11) is 0. The zero-order valence-corrected chi connectivity index (χ0v) is 10.8. The number of hydrogen-bond acceptors (Lipinski definition) is 3. The maximum atomic E-state index is 12.9. The molecule has 0 radical (unpaired) electrons. The van der Waals surface area contributed by atoms with Crippen LogP contribution in [-0.4, -0.2) is 16.6 Å². The number of amides is 1. The fourth-order valence-corrected chi connectivity index (χ4v) is 1.95. The third-order valence-corrected chi connectivity index (χ3v) is 3.01. The highest BCUT2D eigenvalue weighted by Gasteiger charge is 2.09. The summed E-state index contributed by atoms with van der Waals surface area (Å²) in [6.07, 6.45) is 0. The van der Waals surface area contributed by atoms with Crippen molar-refractivity contribution < 1.29 is 18.0 Å². The van der Waals surface area contributed by atoms with Crippen molar-refractivity contribution in [3.8, 4) is 0 Å². The maximum Gasteiger partial charge on any atom is 0.288 e. The number of nitrogens with zero attached hydrogens (tertiary/aromatic N) is 1. The van der Waals surface area contributed by atoms with Crippen molar-refractivity contribution >= 4 is 23.4 Å². The number of nitrogens with one attached hydrogen (secondary N) is 1. The number of anilines is 1. The van der Waals surface area contributed by atoms with Gasteiger partial charge < -0.3 is 5.32 Å². The minimum atomic E-state index is -2.49. The lowest BCUT2D eigenvalue weighted by Crippen LogP contribution is -2.14. The van der Waals surface area contributed by atoms with Gasteiger partial charge in [-0.15, -0.1) is 0 Å². The van der Waals surface area contributed by atoms with Crippen molar-refractivity contribution in [3.63, 3.8) is 0 Å². The van der Waals surface area contributed by atoms with Crippen molar-refractivity contribution in [2.75, 3.05) is 5.32 Å². The third-order valence-electron chi connectivity index (χ3n) is 2.29. The Hall–Kier alpha value is -2.02. The molecule has 2 rings (SSSR count). The number of benzene rings is 1. The Morgan fingerprint density at radius 2 is 1.85 bits per heavy atom. The van der Waals surface area contributed by atoms with Gasteiger partial charge in [-0.1, -0.05) is 17.8 Å². The molecule has 0 aliphatic rings.